The quantitative estimate of drug-likeness (QED) is 0.392. The summed E-state index contributed by atoms with van der Waals surface area (Å²) < 4.78 is 13.1. The topological polar surface area (TPSA) is 87.0 Å². The van der Waals surface area contributed by atoms with Gasteiger partial charge in [-0.2, -0.15) is 0 Å². The monoisotopic (exact) mass is 144 g/mol. The van der Waals surface area contributed by atoms with E-state index < -0.39 is 7.82 Å². The van der Waals surface area contributed by atoms with E-state index in [-0.39, 0.29) is 0 Å². The summed E-state index contributed by atoms with van der Waals surface area (Å²) in [4.78, 5) is 21.6. The number of hydrogen-bond donors (Lipinski definition) is 3. The van der Waals surface area contributed by atoms with Crippen LogP contribution in [0.2, 0.25) is 0 Å². The van der Waals surface area contributed by atoms with Crippen molar-refractivity contribution in [1.29, 1.82) is 0 Å². The van der Waals surface area contributed by atoms with Gasteiger partial charge in [-0.1, -0.05) is 0 Å². The number of phosphoric acid groups is 1. The first kappa shape index (κ1) is 10.9. The van der Waals surface area contributed by atoms with Gasteiger partial charge in [0.1, 0.15) is 0 Å². The van der Waals surface area contributed by atoms with Gasteiger partial charge in [-0.3, -0.25) is 0 Å². The van der Waals surface area contributed by atoms with E-state index in [1.807, 2.05) is 0 Å². The fraction of sp³-hybridized carbons (Fsp3) is 1.00. The van der Waals surface area contributed by atoms with Crippen molar-refractivity contribution in [2.75, 3.05) is 14.2 Å². The maximum absolute atomic E-state index is 8.88. The first-order valence-corrected chi connectivity index (χ1v) is 3.16. The Morgan fingerprint density at radius 1 is 1.25 bits per heavy atom. The molecule has 0 rings (SSSR count). The summed E-state index contributed by atoms with van der Waals surface area (Å²) in [5.41, 5.74) is 0. The second-order valence-electron chi connectivity index (χ2n) is 0.922. The van der Waals surface area contributed by atoms with Crippen LogP contribution in [0.15, 0.2) is 0 Å². The van der Waals surface area contributed by atoms with E-state index in [0.29, 0.717) is 0 Å². The Bertz CT molecular complexity index is 66.2. The van der Waals surface area contributed by atoms with E-state index in [2.05, 4.69) is 4.74 Å². The average molecular weight is 144 g/mol. The molecule has 0 aromatic rings. The van der Waals surface area contributed by atoms with Crippen molar-refractivity contribution >= 4 is 7.82 Å². The smallest absolute Gasteiger partial charge is 0.388 e. The van der Waals surface area contributed by atoms with Crippen molar-refractivity contribution in [3.05, 3.63) is 0 Å². The van der Waals surface area contributed by atoms with Crippen LogP contribution in [0.1, 0.15) is 0 Å². The molecule has 6 heteroatoms. The predicted molar refractivity (Wildman–Crippen MR) is 27.2 cm³/mol. The van der Waals surface area contributed by atoms with Crippen molar-refractivity contribution in [1.82, 2.24) is 0 Å². The minimum Gasteiger partial charge on any atom is -0.388 e. The molecule has 0 amide bonds. The standard InChI is InChI=1S/C2H6O.H3O4P/c1-3-2;1-5(2,3)4/h1-2H3;(H3,1,2,3,4). The molecule has 0 fully saturated rings. The zero-order chi connectivity index (χ0) is 7.21. The third-order valence-electron chi connectivity index (χ3n) is 0. The Balaban J connectivity index is 0. The van der Waals surface area contributed by atoms with Gasteiger partial charge >= 0.3 is 7.82 Å². The highest BCUT2D eigenvalue weighted by molar-refractivity contribution is 7.45. The lowest BCUT2D eigenvalue weighted by Crippen LogP contribution is -1.66. The highest BCUT2D eigenvalue weighted by Crippen LogP contribution is 2.25. The lowest BCUT2D eigenvalue weighted by atomic mass is 11.6. The fourth-order valence-corrected chi connectivity index (χ4v) is 0. The van der Waals surface area contributed by atoms with Crippen molar-refractivity contribution in [3.8, 4) is 0 Å². The maximum Gasteiger partial charge on any atom is 0.466 e. The average Bonchev–Trinajstić information content (AvgIpc) is 1.27. The van der Waals surface area contributed by atoms with E-state index >= 15 is 0 Å². The molecule has 0 aliphatic rings. The Morgan fingerprint density at radius 2 is 1.25 bits per heavy atom. The number of methoxy groups -OCH3 is 1. The summed E-state index contributed by atoms with van der Waals surface area (Å²) in [6, 6.07) is 0. The van der Waals surface area contributed by atoms with Gasteiger partial charge in [0.2, 0.25) is 0 Å². The molecule has 0 bridgehead atoms. The van der Waals surface area contributed by atoms with E-state index in [4.69, 9.17) is 19.2 Å². The summed E-state index contributed by atoms with van der Waals surface area (Å²) in [7, 11) is -1.39. The van der Waals surface area contributed by atoms with Gasteiger partial charge < -0.3 is 19.4 Å². The number of rotatable bonds is 0. The van der Waals surface area contributed by atoms with Crippen molar-refractivity contribution in [3.63, 3.8) is 0 Å². The molecule has 0 aromatic carbocycles. The molecule has 0 aliphatic carbocycles. The molecule has 0 unspecified atom stereocenters. The first-order chi connectivity index (χ1) is 3.41. The number of ether oxygens (including phenoxy) is 1. The van der Waals surface area contributed by atoms with E-state index in [1.54, 1.807) is 14.2 Å². The van der Waals surface area contributed by atoms with Gasteiger partial charge in [-0.05, 0) is 0 Å². The molecular weight excluding hydrogens is 135 g/mol. The molecule has 0 aromatic heterocycles. The van der Waals surface area contributed by atoms with Gasteiger partial charge in [0.15, 0.2) is 0 Å². The molecule has 52 valence electrons. The van der Waals surface area contributed by atoms with Gasteiger partial charge in [-0.25, -0.2) is 4.57 Å². The molecule has 0 saturated carbocycles. The molecule has 0 saturated heterocycles. The zero-order valence-electron chi connectivity index (χ0n) is 4.61. The van der Waals surface area contributed by atoms with E-state index in [0.717, 1.165) is 0 Å². The van der Waals surface area contributed by atoms with Crippen LogP contribution in [-0.2, 0) is 9.30 Å². The van der Waals surface area contributed by atoms with Gasteiger partial charge in [0, 0.05) is 14.2 Å². The highest BCUT2D eigenvalue weighted by Gasteiger charge is 2.00. The Kier molecular flexibility index (Phi) is 7.13. The van der Waals surface area contributed by atoms with Crippen molar-refractivity contribution < 1.29 is 24.0 Å². The summed E-state index contributed by atoms with van der Waals surface area (Å²) >= 11 is 0. The molecule has 0 radical (unpaired) electrons. The third-order valence-corrected chi connectivity index (χ3v) is 0. The van der Waals surface area contributed by atoms with Crippen LogP contribution in [0.5, 0.6) is 0 Å². The molecule has 5 nitrogen and oxygen atoms in total. The minimum absolute atomic E-state index is 1.62. The zero-order valence-corrected chi connectivity index (χ0v) is 5.50. The van der Waals surface area contributed by atoms with Crippen LogP contribution in [-0.4, -0.2) is 28.9 Å². The number of hydrogen-bond acceptors (Lipinski definition) is 2. The van der Waals surface area contributed by atoms with Crippen molar-refractivity contribution in [2.24, 2.45) is 0 Å². The lowest BCUT2D eigenvalue weighted by molar-refractivity contribution is 0.275. The largest absolute Gasteiger partial charge is 0.466 e. The molecule has 0 heterocycles. The highest BCUT2D eigenvalue weighted by atomic mass is 31.2. The van der Waals surface area contributed by atoms with Gasteiger partial charge in [0.25, 0.3) is 0 Å². The summed E-state index contributed by atoms with van der Waals surface area (Å²) in [6.45, 7) is 0. The SMILES string of the molecule is COC.O=P(O)(O)O. The van der Waals surface area contributed by atoms with E-state index in [1.165, 1.54) is 0 Å². The third kappa shape index (κ3) is 31800. The van der Waals surface area contributed by atoms with Crippen LogP contribution in [0.4, 0.5) is 0 Å². The fourth-order valence-electron chi connectivity index (χ4n) is 0. The van der Waals surface area contributed by atoms with Crippen LogP contribution in [0.3, 0.4) is 0 Å². The summed E-state index contributed by atoms with van der Waals surface area (Å²) in [5, 5.41) is 0. The molecule has 0 spiro atoms. The molecule has 0 aliphatic heterocycles. The van der Waals surface area contributed by atoms with Crippen LogP contribution in [0.25, 0.3) is 0 Å². The Hall–Kier alpha value is 0.0700. The predicted octanol–water partition coefficient (Wildman–Crippen LogP) is -0.666. The first-order valence-electron chi connectivity index (χ1n) is 1.60. The van der Waals surface area contributed by atoms with Gasteiger partial charge in [0.05, 0.1) is 0 Å². The summed E-state index contributed by atoms with van der Waals surface area (Å²) in [5.74, 6) is 0. The second-order valence-corrected chi connectivity index (χ2v) is 1.95. The Labute approximate surface area is 47.2 Å². The molecule has 3 N–H and O–H groups in total. The van der Waals surface area contributed by atoms with Crippen molar-refractivity contribution in [2.45, 2.75) is 0 Å². The van der Waals surface area contributed by atoms with Gasteiger partial charge in [-0.15, -0.1) is 0 Å². The van der Waals surface area contributed by atoms with Crippen LogP contribution < -0.4 is 0 Å². The molecular formula is C2H9O5P. The van der Waals surface area contributed by atoms with Crippen LogP contribution in [0, 0.1) is 0 Å². The normalized spacial score (nSPS) is 9.62. The second kappa shape index (κ2) is 5.21. The maximum atomic E-state index is 8.88. The molecule has 8 heavy (non-hydrogen) atoms. The lowest BCUT2D eigenvalue weighted by Gasteiger charge is -1.82. The van der Waals surface area contributed by atoms with E-state index in [9.17, 15) is 0 Å². The molecule has 0 atom stereocenters. The Morgan fingerprint density at radius 3 is 1.25 bits per heavy atom. The van der Waals surface area contributed by atoms with Crippen LogP contribution >= 0.6 is 7.82 Å². The minimum atomic E-state index is -4.64. The summed E-state index contributed by atoms with van der Waals surface area (Å²) in [6.07, 6.45) is 0.